The van der Waals surface area contributed by atoms with Gasteiger partial charge in [0, 0.05) is 12.2 Å². The Labute approximate surface area is 351 Å². The highest BCUT2D eigenvalue weighted by Gasteiger charge is 1.99. The summed E-state index contributed by atoms with van der Waals surface area (Å²) in [7, 11) is 0. The topological polar surface area (TPSA) is 128 Å². The van der Waals surface area contributed by atoms with E-state index in [2.05, 4.69) is 6.92 Å². The molecule has 0 aliphatic rings. The smallest absolute Gasteiger partial charge is 0.150 e. The number of unbranched alkanes of at least 4 members (excludes halogenated alkanes) is 13. The highest BCUT2D eigenvalue weighted by Crippen LogP contribution is 2.13. The molecular formula is C45H82O13. The molecule has 13 nitrogen and oxygen atoms in total. The van der Waals surface area contributed by atoms with Gasteiger partial charge in [-0.15, -0.1) is 0 Å². The Hall–Kier alpha value is -1.75. The van der Waals surface area contributed by atoms with E-state index in [9.17, 15) is 4.79 Å². The number of benzene rings is 1. The van der Waals surface area contributed by atoms with E-state index in [1.807, 2.05) is 0 Å². The van der Waals surface area contributed by atoms with Crippen LogP contribution in [0, 0.1) is 0 Å². The summed E-state index contributed by atoms with van der Waals surface area (Å²) in [6.45, 7) is 14.5. The minimum atomic E-state index is 0.432. The second-order valence-corrected chi connectivity index (χ2v) is 13.9. The quantitative estimate of drug-likeness (QED) is 0.0475. The maximum Gasteiger partial charge on any atom is 0.150 e. The summed E-state index contributed by atoms with van der Waals surface area (Å²) in [5.74, 6) is 0.706. The summed E-state index contributed by atoms with van der Waals surface area (Å²) in [5.41, 5.74) is 0.620. The van der Waals surface area contributed by atoms with Crippen molar-refractivity contribution < 1.29 is 61.6 Å². The predicted molar refractivity (Wildman–Crippen MR) is 227 cm³/mol. The maximum atomic E-state index is 10.7. The van der Waals surface area contributed by atoms with E-state index in [1.54, 1.807) is 24.3 Å². The van der Waals surface area contributed by atoms with Crippen molar-refractivity contribution in [2.24, 2.45) is 0 Å². The van der Waals surface area contributed by atoms with Gasteiger partial charge in [-0.3, -0.25) is 4.79 Å². The highest BCUT2D eigenvalue weighted by atomic mass is 16.6. The first-order valence-electron chi connectivity index (χ1n) is 22.4. The van der Waals surface area contributed by atoms with E-state index in [0.717, 1.165) is 19.3 Å². The number of carbonyl (C=O) groups excluding carboxylic acids is 1. The van der Waals surface area contributed by atoms with Crippen molar-refractivity contribution in [3.05, 3.63) is 29.8 Å². The van der Waals surface area contributed by atoms with Crippen molar-refractivity contribution in [2.45, 2.75) is 96.8 Å². The predicted octanol–water partition coefficient (Wildman–Crippen LogP) is 7.54. The lowest BCUT2D eigenvalue weighted by Crippen LogP contribution is -2.15. The fraction of sp³-hybridized carbons (Fsp3) is 0.844. The van der Waals surface area contributed by atoms with Crippen molar-refractivity contribution >= 4 is 6.29 Å². The molecule has 1 aromatic carbocycles. The third kappa shape index (κ3) is 42.4. The Morgan fingerprint density at radius 3 is 0.828 bits per heavy atom. The van der Waals surface area contributed by atoms with Gasteiger partial charge in [-0.1, -0.05) is 90.4 Å². The zero-order valence-electron chi connectivity index (χ0n) is 36.4. The Balaban J connectivity index is 1.61. The lowest BCUT2D eigenvalue weighted by atomic mass is 10.0. The molecular weight excluding hydrogens is 748 g/mol. The van der Waals surface area contributed by atoms with Crippen LogP contribution in [-0.2, 0) is 52.1 Å². The summed E-state index contributed by atoms with van der Waals surface area (Å²) in [4.78, 5) is 10.7. The van der Waals surface area contributed by atoms with Crippen LogP contribution in [-0.4, -0.2) is 158 Å². The zero-order chi connectivity index (χ0) is 41.3. The molecule has 0 atom stereocenters. The fourth-order valence-corrected chi connectivity index (χ4v) is 5.56. The molecule has 1 aromatic rings. The molecule has 0 fully saturated rings. The normalized spacial score (nSPS) is 11.5. The van der Waals surface area contributed by atoms with E-state index in [0.29, 0.717) is 157 Å². The molecule has 0 radical (unpaired) electrons. The molecule has 0 bridgehead atoms. The average Bonchev–Trinajstić information content (AvgIpc) is 3.24. The molecule has 0 spiro atoms. The maximum absolute atomic E-state index is 10.7. The summed E-state index contributed by atoms with van der Waals surface area (Å²) >= 11 is 0. The first-order chi connectivity index (χ1) is 28.9. The van der Waals surface area contributed by atoms with Crippen LogP contribution in [0.2, 0.25) is 0 Å². The van der Waals surface area contributed by atoms with Crippen molar-refractivity contribution in [2.75, 3.05) is 152 Å². The Kier molecular flexibility index (Phi) is 44.8. The standard InChI is InChI=1S/C45H82O13/c1-2-3-4-5-6-7-8-9-10-11-12-13-14-15-20-47-21-22-48-23-24-49-25-26-50-27-28-51-29-30-52-31-32-53-33-34-54-35-36-55-37-38-56-39-40-57-41-42-58-45-18-16-44(43-46)17-19-45/h16-19,43H,2-15,20-42H2,1H3. The van der Waals surface area contributed by atoms with E-state index in [1.165, 1.54) is 83.5 Å². The van der Waals surface area contributed by atoms with Crippen LogP contribution in [0.5, 0.6) is 5.75 Å². The molecule has 0 aliphatic heterocycles. The Bertz CT molecular complexity index is 924. The molecule has 0 unspecified atom stereocenters. The first-order valence-corrected chi connectivity index (χ1v) is 22.4. The monoisotopic (exact) mass is 831 g/mol. The van der Waals surface area contributed by atoms with Gasteiger partial charge in [-0.25, -0.2) is 0 Å². The van der Waals surface area contributed by atoms with E-state index >= 15 is 0 Å². The molecule has 58 heavy (non-hydrogen) atoms. The van der Waals surface area contributed by atoms with Crippen LogP contribution in [0.4, 0.5) is 0 Å². The van der Waals surface area contributed by atoms with E-state index in [-0.39, 0.29) is 0 Å². The molecule has 0 aromatic heterocycles. The Morgan fingerprint density at radius 1 is 0.310 bits per heavy atom. The molecule has 1 rings (SSSR count). The summed E-state index contributed by atoms with van der Waals surface area (Å²) in [6.07, 6.45) is 20.0. The van der Waals surface area contributed by atoms with Crippen molar-refractivity contribution in [3.63, 3.8) is 0 Å². The first kappa shape index (κ1) is 54.3. The van der Waals surface area contributed by atoms with Crippen LogP contribution < -0.4 is 4.74 Å². The molecule has 0 saturated heterocycles. The van der Waals surface area contributed by atoms with Crippen LogP contribution in [0.1, 0.15) is 107 Å². The van der Waals surface area contributed by atoms with Gasteiger partial charge in [0.2, 0.25) is 0 Å². The lowest BCUT2D eigenvalue weighted by molar-refractivity contribution is -0.0277. The third-order valence-electron chi connectivity index (χ3n) is 8.87. The minimum absolute atomic E-state index is 0.432. The lowest BCUT2D eigenvalue weighted by Gasteiger charge is -2.09. The molecule has 0 heterocycles. The van der Waals surface area contributed by atoms with Crippen molar-refractivity contribution in [1.29, 1.82) is 0 Å². The third-order valence-corrected chi connectivity index (χ3v) is 8.87. The fourth-order valence-electron chi connectivity index (χ4n) is 5.56. The number of hydrogen-bond donors (Lipinski definition) is 0. The zero-order valence-corrected chi connectivity index (χ0v) is 36.4. The van der Waals surface area contributed by atoms with Gasteiger partial charge >= 0.3 is 0 Å². The molecule has 0 amide bonds. The van der Waals surface area contributed by atoms with Crippen LogP contribution in [0.15, 0.2) is 24.3 Å². The van der Waals surface area contributed by atoms with Gasteiger partial charge in [-0.2, -0.15) is 0 Å². The van der Waals surface area contributed by atoms with Crippen molar-refractivity contribution in [1.82, 2.24) is 0 Å². The van der Waals surface area contributed by atoms with Gasteiger partial charge in [-0.05, 0) is 30.7 Å². The number of rotatable bonds is 50. The summed E-state index contributed by atoms with van der Waals surface area (Å²) < 4.78 is 66.4. The number of ether oxygens (including phenoxy) is 12. The van der Waals surface area contributed by atoms with E-state index < -0.39 is 0 Å². The number of carbonyl (C=O) groups is 1. The van der Waals surface area contributed by atoms with E-state index in [4.69, 9.17) is 56.8 Å². The average molecular weight is 831 g/mol. The van der Waals surface area contributed by atoms with Crippen LogP contribution in [0.3, 0.4) is 0 Å². The van der Waals surface area contributed by atoms with Gasteiger partial charge in [0.15, 0.2) is 0 Å². The molecule has 0 saturated carbocycles. The van der Waals surface area contributed by atoms with Crippen molar-refractivity contribution in [3.8, 4) is 5.75 Å². The molecule has 0 aliphatic carbocycles. The summed E-state index contributed by atoms with van der Waals surface area (Å²) in [5, 5.41) is 0. The summed E-state index contributed by atoms with van der Waals surface area (Å²) in [6, 6.07) is 6.95. The Morgan fingerprint density at radius 2 is 0.552 bits per heavy atom. The molecule has 13 heteroatoms. The molecule has 340 valence electrons. The second-order valence-electron chi connectivity index (χ2n) is 13.9. The second kappa shape index (κ2) is 47.9. The van der Waals surface area contributed by atoms with Gasteiger partial charge in [0.25, 0.3) is 0 Å². The van der Waals surface area contributed by atoms with Gasteiger partial charge < -0.3 is 56.8 Å². The van der Waals surface area contributed by atoms with Crippen LogP contribution >= 0.6 is 0 Å². The number of hydrogen-bond acceptors (Lipinski definition) is 13. The highest BCUT2D eigenvalue weighted by molar-refractivity contribution is 5.74. The molecule has 0 N–H and O–H groups in total. The number of aldehydes is 1. The van der Waals surface area contributed by atoms with Gasteiger partial charge in [0.05, 0.1) is 139 Å². The van der Waals surface area contributed by atoms with Crippen LogP contribution in [0.25, 0.3) is 0 Å². The SMILES string of the molecule is CCCCCCCCCCCCCCCCOCCOCCOCCOCCOCCOCCOCCOCCOCCOCCOCCOc1ccc(C=O)cc1. The largest absolute Gasteiger partial charge is 0.491 e. The minimum Gasteiger partial charge on any atom is -0.491 e. The van der Waals surface area contributed by atoms with Gasteiger partial charge in [0.1, 0.15) is 18.6 Å².